The minimum absolute atomic E-state index is 0.183. The number of nitrogens with zero attached hydrogens (tertiary/aromatic N) is 3. The van der Waals surface area contributed by atoms with Crippen molar-refractivity contribution in [2.75, 3.05) is 18.0 Å². The van der Waals surface area contributed by atoms with Gasteiger partial charge in [-0.15, -0.1) is 0 Å². The second-order valence-corrected chi connectivity index (χ2v) is 4.76. The Morgan fingerprint density at radius 1 is 1.53 bits per heavy atom. The van der Waals surface area contributed by atoms with Crippen LogP contribution in [0.25, 0.3) is 0 Å². The predicted octanol–water partition coefficient (Wildman–Crippen LogP) is 0.917. The van der Waals surface area contributed by atoms with Gasteiger partial charge >= 0.3 is 5.97 Å². The summed E-state index contributed by atoms with van der Waals surface area (Å²) in [5.41, 5.74) is -0.503. The molecule has 0 aromatic carbocycles. The lowest BCUT2D eigenvalue weighted by Crippen LogP contribution is -2.38. The monoisotopic (exact) mass is 237 g/mol. The third-order valence-corrected chi connectivity index (χ3v) is 3.82. The lowest BCUT2D eigenvalue weighted by Gasteiger charge is -2.29. The summed E-state index contributed by atoms with van der Waals surface area (Å²) < 4.78 is 12.7. The number of hydrogen-bond donors (Lipinski definition) is 1. The topological polar surface area (TPSA) is 66.3 Å². The van der Waals surface area contributed by atoms with Crippen LogP contribution < -0.4 is 4.90 Å². The molecule has 6 heteroatoms. The Hall–Kier alpha value is -1.72. The van der Waals surface area contributed by atoms with Gasteiger partial charge < -0.3 is 10.0 Å². The van der Waals surface area contributed by atoms with E-state index >= 15 is 0 Å². The fraction of sp³-hybridized carbons (Fsp3) is 0.545. The highest BCUT2D eigenvalue weighted by atomic mass is 19.1. The summed E-state index contributed by atoms with van der Waals surface area (Å²) in [6, 6.07) is 0. The van der Waals surface area contributed by atoms with E-state index in [2.05, 4.69) is 9.97 Å². The van der Waals surface area contributed by atoms with Crippen molar-refractivity contribution in [2.45, 2.75) is 12.8 Å². The Kier molecular flexibility index (Phi) is 2.08. The molecule has 1 aliphatic carbocycles. The molecule has 3 rings (SSSR count). The SMILES string of the molecule is O=C(O)C12CCN(c3ncc(F)cn3)C[C@H]1C2. The summed E-state index contributed by atoms with van der Waals surface area (Å²) in [5.74, 6) is -0.487. The molecule has 90 valence electrons. The molecule has 17 heavy (non-hydrogen) atoms. The molecule has 1 aromatic heterocycles. The molecule has 2 aliphatic rings. The first-order chi connectivity index (χ1) is 8.12. The molecule has 2 heterocycles. The lowest BCUT2D eigenvalue weighted by molar-refractivity contribution is -0.144. The summed E-state index contributed by atoms with van der Waals surface area (Å²) in [6.45, 7) is 1.27. The van der Waals surface area contributed by atoms with Gasteiger partial charge in [-0.3, -0.25) is 4.79 Å². The van der Waals surface area contributed by atoms with Crippen LogP contribution in [0.2, 0.25) is 0 Å². The van der Waals surface area contributed by atoms with E-state index in [1.807, 2.05) is 4.90 Å². The molecular formula is C11H12FN3O2. The van der Waals surface area contributed by atoms with E-state index in [4.69, 9.17) is 5.11 Å². The smallest absolute Gasteiger partial charge is 0.310 e. The van der Waals surface area contributed by atoms with Crippen LogP contribution >= 0.6 is 0 Å². The first kappa shape index (κ1) is 10.4. The van der Waals surface area contributed by atoms with Crippen molar-refractivity contribution in [3.63, 3.8) is 0 Å². The molecule has 0 spiro atoms. The van der Waals surface area contributed by atoms with Crippen molar-refractivity contribution in [3.8, 4) is 0 Å². The summed E-state index contributed by atoms with van der Waals surface area (Å²) >= 11 is 0. The number of fused-ring (bicyclic) bond motifs is 1. The van der Waals surface area contributed by atoms with Crippen LogP contribution in [0.15, 0.2) is 12.4 Å². The van der Waals surface area contributed by atoms with Crippen LogP contribution in [0.3, 0.4) is 0 Å². The molecule has 0 radical (unpaired) electrons. The van der Waals surface area contributed by atoms with E-state index < -0.39 is 17.2 Å². The van der Waals surface area contributed by atoms with E-state index in [9.17, 15) is 9.18 Å². The Balaban J connectivity index is 1.74. The first-order valence-electron chi connectivity index (χ1n) is 5.58. The molecule has 1 unspecified atom stereocenters. The van der Waals surface area contributed by atoms with Crippen LogP contribution in [0, 0.1) is 17.2 Å². The summed E-state index contributed by atoms with van der Waals surface area (Å²) in [4.78, 5) is 20.9. The molecule has 5 nitrogen and oxygen atoms in total. The van der Waals surface area contributed by atoms with Crippen LogP contribution in [0.1, 0.15) is 12.8 Å². The van der Waals surface area contributed by atoms with Gasteiger partial charge in [0.2, 0.25) is 5.95 Å². The highest BCUT2D eigenvalue weighted by Crippen LogP contribution is 2.58. The van der Waals surface area contributed by atoms with Gasteiger partial charge in [-0.2, -0.15) is 0 Å². The summed E-state index contributed by atoms with van der Waals surface area (Å²) in [5, 5.41) is 9.13. The van der Waals surface area contributed by atoms with E-state index in [1.54, 1.807) is 0 Å². The number of carboxylic acids is 1. The number of anilines is 1. The third kappa shape index (κ3) is 1.55. The van der Waals surface area contributed by atoms with Gasteiger partial charge in [-0.05, 0) is 18.8 Å². The number of aromatic nitrogens is 2. The van der Waals surface area contributed by atoms with Crippen LogP contribution in [0.4, 0.5) is 10.3 Å². The Labute approximate surface area is 97.3 Å². The zero-order chi connectivity index (χ0) is 12.0. The first-order valence-corrected chi connectivity index (χ1v) is 5.58. The van der Waals surface area contributed by atoms with Gasteiger partial charge in [0, 0.05) is 13.1 Å². The quantitative estimate of drug-likeness (QED) is 0.828. The Bertz CT molecular complexity index is 464. The lowest BCUT2D eigenvalue weighted by atomic mass is 9.96. The minimum atomic E-state index is -0.692. The van der Waals surface area contributed by atoms with E-state index in [0.717, 1.165) is 18.8 Å². The number of carboxylic acid groups (broad SMARTS) is 1. The van der Waals surface area contributed by atoms with Gasteiger partial charge in [0.15, 0.2) is 5.82 Å². The highest BCUT2D eigenvalue weighted by molar-refractivity contribution is 5.79. The summed E-state index contributed by atoms with van der Waals surface area (Å²) in [7, 11) is 0. The maximum Gasteiger partial charge on any atom is 0.310 e. The number of halogens is 1. The van der Waals surface area contributed by atoms with Crippen LogP contribution in [-0.4, -0.2) is 34.1 Å². The fourth-order valence-corrected chi connectivity index (χ4v) is 2.64. The number of aliphatic carboxylic acids is 1. The van der Waals surface area contributed by atoms with Crippen molar-refractivity contribution < 1.29 is 14.3 Å². The molecule has 1 aliphatic heterocycles. The van der Waals surface area contributed by atoms with Gasteiger partial charge in [-0.25, -0.2) is 14.4 Å². The Morgan fingerprint density at radius 3 is 2.82 bits per heavy atom. The minimum Gasteiger partial charge on any atom is -0.481 e. The zero-order valence-corrected chi connectivity index (χ0v) is 9.14. The second kappa shape index (κ2) is 3.38. The molecular weight excluding hydrogens is 225 g/mol. The maximum absolute atomic E-state index is 12.7. The van der Waals surface area contributed by atoms with Gasteiger partial charge in [-0.1, -0.05) is 0 Å². The standard InChI is InChI=1S/C11H12FN3O2/c12-8-4-13-10(14-5-8)15-2-1-11(9(16)17)3-7(11)6-15/h4-5,7H,1-3,6H2,(H,16,17)/t7-,11?/m1/s1. The van der Waals surface area contributed by atoms with E-state index in [-0.39, 0.29) is 5.92 Å². The average molecular weight is 237 g/mol. The number of rotatable bonds is 2. The molecule has 1 saturated heterocycles. The largest absolute Gasteiger partial charge is 0.481 e. The number of hydrogen-bond acceptors (Lipinski definition) is 4. The normalized spacial score (nSPS) is 30.9. The van der Waals surface area contributed by atoms with Crippen molar-refractivity contribution in [2.24, 2.45) is 11.3 Å². The highest BCUT2D eigenvalue weighted by Gasteiger charge is 2.62. The van der Waals surface area contributed by atoms with E-state index in [0.29, 0.717) is 25.5 Å². The zero-order valence-electron chi connectivity index (χ0n) is 9.14. The van der Waals surface area contributed by atoms with Gasteiger partial charge in [0.1, 0.15) is 0 Å². The molecule has 1 N–H and O–H groups in total. The predicted molar refractivity (Wildman–Crippen MR) is 57.0 cm³/mol. The van der Waals surface area contributed by atoms with Crippen LogP contribution in [-0.2, 0) is 4.79 Å². The summed E-state index contributed by atoms with van der Waals surface area (Å²) in [6.07, 6.45) is 3.62. The third-order valence-electron chi connectivity index (χ3n) is 3.82. The molecule has 1 aromatic rings. The van der Waals surface area contributed by atoms with Gasteiger partial charge in [0.05, 0.1) is 17.8 Å². The van der Waals surface area contributed by atoms with Crippen molar-refractivity contribution in [3.05, 3.63) is 18.2 Å². The van der Waals surface area contributed by atoms with Crippen molar-refractivity contribution in [1.29, 1.82) is 0 Å². The Morgan fingerprint density at radius 2 is 2.24 bits per heavy atom. The maximum atomic E-state index is 12.7. The average Bonchev–Trinajstić information content (AvgIpc) is 3.04. The number of carbonyl (C=O) groups is 1. The van der Waals surface area contributed by atoms with Crippen molar-refractivity contribution in [1.82, 2.24) is 9.97 Å². The molecule has 1 saturated carbocycles. The van der Waals surface area contributed by atoms with Gasteiger partial charge in [0.25, 0.3) is 0 Å². The van der Waals surface area contributed by atoms with Crippen molar-refractivity contribution >= 4 is 11.9 Å². The molecule has 2 fully saturated rings. The fourth-order valence-electron chi connectivity index (χ4n) is 2.64. The molecule has 0 bridgehead atoms. The van der Waals surface area contributed by atoms with E-state index in [1.165, 1.54) is 0 Å². The number of piperidine rings is 1. The second-order valence-electron chi connectivity index (χ2n) is 4.76. The molecule has 2 atom stereocenters. The van der Waals surface area contributed by atoms with Crippen LogP contribution in [0.5, 0.6) is 0 Å². The molecule has 0 amide bonds.